The Morgan fingerprint density at radius 2 is 1.82 bits per heavy atom. The van der Waals surface area contributed by atoms with Crippen molar-refractivity contribution in [1.29, 1.82) is 0 Å². The summed E-state index contributed by atoms with van der Waals surface area (Å²) in [7, 11) is 1.50. The van der Waals surface area contributed by atoms with Crippen molar-refractivity contribution in [2.24, 2.45) is 4.99 Å². The summed E-state index contributed by atoms with van der Waals surface area (Å²) in [6.45, 7) is 2.13. The lowest BCUT2D eigenvalue weighted by atomic mass is 10.0. The van der Waals surface area contributed by atoms with Gasteiger partial charge in [0.05, 0.1) is 6.42 Å². The lowest BCUT2D eigenvalue weighted by molar-refractivity contribution is -0.132. The number of alkyl halides is 3. The van der Waals surface area contributed by atoms with Gasteiger partial charge in [0, 0.05) is 36.1 Å². The minimum absolute atomic E-state index is 0.0256. The Balaban J connectivity index is 2.53. The van der Waals surface area contributed by atoms with E-state index in [1.807, 2.05) is 6.92 Å². The van der Waals surface area contributed by atoms with E-state index < -0.39 is 12.6 Å². The standard InChI is InChI=1S/C14H18Cl2F3N3/c1-9(12-10(15)4-3-5-11(12)16)8-22-13(20-2)21-7-6-14(17,18)19/h3-5,9H,6-8H2,1-2H3,(H2,20,21,22). The maximum Gasteiger partial charge on any atom is 0.390 e. The van der Waals surface area contributed by atoms with E-state index in [9.17, 15) is 13.2 Å². The monoisotopic (exact) mass is 355 g/mol. The molecule has 0 aliphatic heterocycles. The Kier molecular flexibility index (Phi) is 7.29. The number of rotatable bonds is 5. The SMILES string of the molecule is CN=C(NCCC(F)(F)F)NCC(C)c1c(Cl)cccc1Cl. The second-order valence-corrected chi connectivity index (χ2v) is 5.60. The second-order valence-electron chi connectivity index (χ2n) is 4.78. The highest BCUT2D eigenvalue weighted by atomic mass is 35.5. The Labute approximate surface area is 137 Å². The van der Waals surface area contributed by atoms with E-state index in [2.05, 4.69) is 15.6 Å². The van der Waals surface area contributed by atoms with Crippen molar-refractivity contribution in [2.75, 3.05) is 20.1 Å². The van der Waals surface area contributed by atoms with Gasteiger partial charge in [-0.1, -0.05) is 36.2 Å². The van der Waals surface area contributed by atoms with Gasteiger partial charge in [0.2, 0.25) is 0 Å². The van der Waals surface area contributed by atoms with Gasteiger partial charge >= 0.3 is 6.18 Å². The fourth-order valence-electron chi connectivity index (χ4n) is 1.88. The summed E-state index contributed by atoms with van der Waals surface area (Å²) < 4.78 is 36.3. The molecule has 3 nitrogen and oxygen atoms in total. The fraction of sp³-hybridized carbons (Fsp3) is 0.500. The number of aliphatic imine (C=N–C) groups is 1. The third-order valence-corrected chi connectivity index (χ3v) is 3.65. The molecular formula is C14H18Cl2F3N3. The van der Waals surface area contributed by atoms with E-state index >= 15 is 0 Å². The molecule has 0 amide bonds. The predicted octanol–water partition coefficient (Wildman–Crippen LogP) is 4.21. The van der Waals surface area contributed by atoms with Crippen LogP contribution in [0.5, 0.6) is 0 Å². The van der Waals surface area contributed by atoms with Gasteiger partial charge in [-0.15, -0.1) is 0 Å². The Bertz CT molecular complexity index is 498. The molecule has 1 atom stereocenters. The molecule has 124 valence electrons. The molecule has 8 heteroatoms. The highest BCUT2D eigenvalue weighted by Crippen LogP contribution is 2.30. The molecule has 1 unspecified atom stereocenters. The van der Waals surface area contributed by atoms with Crippen LogP contribution in [0.2, 0.25) is 10.0 Å². The van der Waals surface area contributed by atoms with Crippen molar-refractivity contribution in [1.82, 2.24) is 10.6 Å². The van der Waals surface area contributed by atoms with E-state index in [-0.39, 0.29) is 12.5 Å². The summed E-state index contributed by atoms with van der Waals surface area (Å²) in [6, 6.07) is 5.25. The summed E-state index contributed by atoms with van der Waals surface area (Å²) in [5, 5.41) is 6.69. The van der Waals surface area contributed by atoms with Crippen molar-refractivity contribution < 1.29 is 13.2 Å². The van der Waals surface area contributed by atoms with Gasteiger partial charge < -0.3 is 10.6 Å². The van der Waals surface area contributed by atoms with Crippen LogP contribution in [0, 0.1) is 0 Å². The van der Waals surface area contributed by atoms with Gasteiger partial charge in [-0.3, -0.25) is 4.99 Å². The van der Waals surface area contributed by atoms with Gasteiger partial charge in [-0.25, -0.2) is 0 Å². The smallest absolute Gasteiger partial charge is 0.356 e. The Hall–Kier alpha value is -1.14. The highest BCUT2D eigenvalue weighted by Gasteiger charge is 2.26. The van der Waals surface area contributed by atoms with Crippen LogP contribution in [0.1, 0.15) is 24.8 Å². The number of hydrogen-bond acceptors (Lipinski definition) is 1. The number of benzene rings is 1. The molecule has 0 spiro atoms. The number of hydrogen-bond donors (Lipinski definition) is 2. The van der Waals surface area contributed by atoms with Crippen LogP contribution in [-0.4, -0.2) is 32.3 Å². The molecule has 1 aromatic carbocycles. The molecule has 22 heavy (non-hydrogen) atoms. The van der Waals surface area contributed by atoms with Crippen LogP contribution >= 0.6 is 23.2 Å². The molecule has 0 aliphatic rings. The van der Waals surface area contributed by atoms with Gasteiger partial charge in [-0.2, -0.15) is 13.2 Å². The van der Waals surface area contributed by atoms with E-state index in [0.29, 0.717) is 22.5 Å². The Morgan fingerprint density at radius 3 is 2.32 bits per heavy atom. The maximum atomic E-state index is 12.1. The van der Waals surface area contributed by atoms with E-state index in [0.717, 1.165) is 5.56 Å². The van der Waals surface area contributed by atoms with Gasteiger partial charge in [0.1, 0.15) is 0 Å². The third-order valence-electron chi connectivity index (χ3n) is 2.99. The zero-order chi connectivity index (χ0) is 16.8. The average molecular weight is 356 g/mol. The number of halogens is 5. The zero-order valence-corrected chi connectivity index (χ0v) is 13.8. The van der Waals surface area contributed by atoms with Crippen LogP contribution in [0.15, 0.2) is 23.2 Å². The summed E-state index contributed by atoms with van der Waals surface area (Å²) in [5.74, 6) is 0.279. The first-order valence-electron chi connectivity index (χ1n) is 6.69. The van der Waals surface area contributed by atoms with Crippen molar-refractivity contribution in [3.05, 3.63) is 33.8 Å². The molecule has 1 rings (SSSR count). The summed E-state index contributed by atoms with van der Waals surface area (Å²) >= 11 is 12.2. The van der Waals surface area contributed by atoms with Crippen LogP contribution in [-0.2, 0) is 0 Å². The summed E-state index contributed by atoms with van der Waals surface area (Å²) in [6.07, 6.45) is -5.11. The second kappa shape index (κ2) is 8.48. The number of nitrogens with zero attached hydrogens (tertiary/aromatic N) is 1. The lowest BCUT2D eigenvalue weighted by Crippen LogP contribution is -2.40. The predicted molar refractivity (Wildman–Crippen MR) is 84.9 cm³/mol. The molecule has 0 fully saturated rings. The fourth-order valence-corrected chi connectivity index (χ4v) is 2.65. The molecule has 2 N–H and O–H groups in total. The largest absolute Gasteiger partial charge is 0.390 e. The van der Waals surface area contributed by atoms with Crippen molar-refractivity contribution >= 4 is 29.2 Å². The van der Waals surface area contributed by atoms with E-state index in [1.165, 1.54) is 7.05 Å². The Morgan fingerprint density at radius 1 is 1.23 bits per heavy atom. The minimum Gasteiger partial charge on any atom is -0.356 e. The van der Waals surface area contributed by atoms with E-state index in [4.69, 9.17) is 23.2 Å². The molecule has 1 aromatic rings. The van der Waals surface area contributed by atoms with Gasteiger partial charge in [0.25, 0.3) is 0 Å². The normalized spacial score (nSPS) is 13.9. The van der Waals surface area contributed by atoms with Gasteiger partial charge in [-0.05, 0) is 17.7 Å². The van der Waals surface area contributed by atoms with E-state index in [1.54, 1.807) is 18.2 Å². The summed E-state index contributed by atoms with van der Waals surface area (Å²) in [4.78, 5) is 3.88. The molecule has 0 aliphatic carbocycles. The molecule has 0 saturated heterocycles. The third kappa shape index (κ3) is 6.32. The molecule has 0 aromatic heterocycles. The highest BCUT2D eigenvalue weighted by molar-refractivity contribution is 6.36. The number of nitrogens with one attached hydrogen (secondary N) is 2. The molecule has 0 saturated carbocycles. The summed E-state index contributed by atoms with van der Waals surface area (Å²) in [5.41, 5.74) is 0.795. The molecule has 0 bridgehead atoms. The molecule has 0 heterocycles. The van der Waals surface area contributed by atoms with Crippen molar-refractivity contribution in [2.45, 2.75) is 25.4 Å². The molecular weight excluding hydrogens is 338 g/mol. The first-order chi connectivity index (χ1) is 10.2. The molecule has 0 radical (unpaired) electrons. The van der Waals surface area contributed by atoms with Gasteiger partial charge in [0.15, 0.2) is 5.96 Å². The zero-order valence-electron chi connectivity index (χ0n) is 12.3. The minimum atomic E-state index is -4.19. The first kappa shape index (κ1) is 18.9. The maximum absolute atomic E-state index is 12.1. The van der Waals surface area contributed by atoms with Crippen LogP contribution in [0.3, 0.4) is 0 Å². The van der Waals surface area contributed by atoms with Crippen LogP contribution < -0.4 is 10.6 Å². The lowest BCUT2D eigenvalue weighted by Gasteiger charge is -2.18. The number of guanidine groups is 1. The first-order valence-corrected chi connectivity index (χ1v) is 7.45. The topological polar surface area (TPSA) is 36.4 Å². The van der Waals surface area contributed by atoms with Crippen molar-refractivity contribution in [3.8, 4) is 0 Å². The van der Waals surface area contributed by atoms with Crippen LogP contribution in [0.25, 0.3) is 0 Å². The van der Waals surface area contributed by atoms with Crippen LogP contribution in [0.4, 0.5) is 13.2 Å². The quantitative estimate of drug-likeness (QED) is 0.612. The average Bonchev–Trinajstić information content (AvgIpc) is 2.41. The van der Waals surface area contributed by atoms with Crippen molar-refractivity contribution in [3.63, 3.8) is 0 Å².